The van der Waals surface area contributed by atoms with Gasteiger partial charge in [0, 0.05) is 19.8 Å². The lowest BCUT2D eigenvalue weighted by Gasteiger charge is -2.22. The molecule has 5 nitrogen and oxygen atoms in total. The topological polar surface area (TPSA) is 70.6 Å². The zero-order valence-electron chi connectivity index (χ0n) is 7.78. The van der Waals surface area contributed by atoms with Gasteiger partial charge in [-0.15, -0.1) is 0 Å². The van der Waals surface area contributed by atoms with Crippen LogP contribution in [0.25, 0.3) is 0 Å². The highest BCUT2D eigenvalue weighted by Crippen LogP contribution is 2.12. The fourth-order valence-corrected chi connectivity index (χ4v) is 1.50. The van der Waals surface area contributed by atoms with E-state index in [9.17, 15) is 4.79 Å². The average Bonchev–Trinajstić information content (AvgIpc) is 2.15. The number of rotatable bonds is 2. The van der Waals surface area contributed by atoms with Crippen LogP contribution >= 0.6 is 12.2 Å². The number of hydrogen-bond donors (Lipinski definition) is 3. The molecule has 1 amide bonds. The number of ether oxygens (including phenoxy) is 1. The Bertz CT molecular complexity index is 217. The van der Waals surface area contributed by atoms with Crippen LogP contribution in [-0.4, -0.2) is 36.1 Å². The van der Waals surface area contributed by atoms with Crippen molar-refractivity contribution in [2.45, 2.75) is 12.8 Å². The molecule has 0 unspecified atom stereocenters. The molecule has 14 heavy (non-hydrogen) atoms. The standard InChI is InChI=1S/C8H14N2O3S/c11-8(12)10-7(14)9-5-6-1-3-13-4-2-6/h6H,1-5H2,(H,11,12)(H2,9,10,14). The molecule has 1 fully saturated rings. The summed E-state index contributed by atoms with van der Waals surface area (Å²) in [6.07, 6.45) is 0.875. The van der Waals surface area contributed by atoms with Gasteiger partial charge in [-0.2, -0.15) is 0 Å². The van der Waals surface area contributed by atoms with Crippen LogP contribution in [0.2, 0.25) is 0 Å². The van der Waals surface area contributed by atoms with Gasteiger partial charge in [0.05, 0.1) is 0 Å². The quantitative estimate of drug-likeness (QED) is 0.591. The number of hydrogen-bond acceptors (Lipinski definition) is 3. The SMILES string of the molecule is O=C(O)NC(=S)NCC1CCOCC1. The Kier molecular flexibility index (Phi) is 4.61. The number of nitrogens with one attached hydrogen (secondary N) is 2. The van der Waals surface area contributed by atoms with E-state index in [0.717, 1.165) is 26.1 Å². The Morgan fingerprint density at radius 3 is 2.71 bits per heavy atom. The molecule has 1 saturated heterocycles. The predicted octanol–water partition coefficient (Wildman–Crippen LogP) is 0.555. The second-order valence-electron chi connectivity index (χ2n) is 3.20. The van der Waals surface area contributed by atoms with Gasteiger partial charge in [-0.3, -0.25) is 5.32 Å². The molecule has 0 aliphatic carbocycles. The summed E-state index contributed by atoms with van der Waals surface area (Å²) in [4.78, 5) is 10.2. The van der Waals surface area contributed by atoms with Crippen LogP contribution in [0.1, 0.15) is 12.8 Å². The van der Waals surface area contributed by atoms with E-state index >= 15 is 0 Å². The number of carboxylic acid groups (broad SMARTS) is 1. The van der Waals surface area contributed by atoms with Gasteiger partial charge in [0.25, 0.3) is 0 Å². The fraction of sp³-hybridized carbons (Fsp3) is 0.750. The largest absolute Gasteiger partial charge is 0.465 e. The zero-order valence-corrected chi connectivity index (χ0v) is 8.60. The highest BCUT2D eigenvalue weighted by Gasteiger charge is 2.13. The van der Waals surface area contributed by atoms with Crippen molar-refractivity contribution in [3.8, 4) is 0 Å². The summed E-state index contributed by atoms with van der Waals surface area (Å²) < 4.78 is 5.20. The highest BCUT2D eigenvalue weighted by molar-refractivity contribution is 7.80. The lowest BCUT2D eigenvalue weighted by atomic mass is 10.0. The molecule has 1 heterocycles. The van der Waals surface area contributed by atoms with Crippen molar-refractivity contribution in [3.63, 3.8) is 0 Å². The summed E-state index contributed by atoms with van der Waals surface area (Å²) in [6.45, 7) is 2.28. The van der Waals surface area contributed by atoms with Crippen LogP contribution < -0.4 is 10.6 Å². The Hall–Kier alpha value is -0.880. The summed E-state index contributed by atoms with van der Waals surface area (Å²) in [5.41, 5.74) is 0. The minimum Gasteiger partial charge on any atom is -0.465 e. The molecule has 0 radical (unpaired) electrons. The average molecular weight is 218 g/mol. The van der Waals surface area contributed by atoms with Crippen LogP contribution in [0, 0.1) is 5.92 Å². The molecule has 0 saturated carbocycles. The number of carbonyl (C=O) groups is 1. The van der Waals surface area contributed by atoms with Crippen LogP contribution in [-0.2, 0) is 4.74 Å². The first-order valence-electron chi connectivity index (χ1n) is 4.54. The lowest BCUT2D eigenvalue weighted by Crippen LogP contribution is -2.41. The maximum atomic E-state index is 10.2. The van der Waals surface area contributed by atoms with Gasteiger partial charge in [-0.05, 0) is 31.0 Å². The Morgan fingerprint density at radius 2 is 2.14 bits per heavy atom. The van der Waals surface area contributed by atoms with Crippen molar-refractivity contribution in [1.82, 2.24) is 10.6 Å². The predicted molar refractivity (Wildman–Crippen MR) is 55.3 cm³/mol. The van der Waals surface area contributed by atoms with Gasteiger partial charge in [0.15, 0.2) is 5.11 Å². The van der Waals surface area contributed by atoms with E-state index in [1.165, 1.54) is 0 Å². The van der Waals surface area contributed by atoms with E-state index < -0.39 is 6.09 Å². The molecular formula is C8H14N2O3S. The minimum atomic E-state index is -1.13. The third kappa shape index (κ3) is 4.38. The Morgan fingerprint density at radius 1 is 1.50 bits per heavy atom. The first-order valence-corrected chi connectivity index (χ1v) is 4.95. The Balaban J connectivity index is 2.12. The molecule has 6 heteroatoms. The first kappa shape index (κ1) is 11.2. The van der Waals surface area contributed by atoms with E-state index in [2.05, 4.69) is 10.6 Å². The van der Waals surface area contributed by atoms with Crippen LogP contribution in [0.3, 0.4) is 0 Å². The molecule has 0 aromatic carbocycles. The molecule has 80 valence electrons. The van der Waals surface area contributed by atoms with Crippen molar-refractivity contribution in [1.29, 1.82) is 0 Å². The van der Waals surface area contributed by atoms with Crippen molar-refractivity contribution in [2.75, 3.05) is 19.8 Å². The lowest BCUT2D eigenvalue weighted by molar-refractivity contribution is 0.0676. The Labute approximate surface area is 87.8 Å². The smallest absolute Gasteiger partial charge is 0.410 e. The van der Waals surface area contributed by atoms with Gasteiger partial charge >= 0.3 is 6.09 Å². The molecule has 0 atom stereocenters. The third-order valence-corrected chi connectivity index (χ3v) is 2.36. The van der Waals surface area contributed by atoms with Crippen LogP contribution in [0.4, 0.5) is 4.79 Å². The summed E-state index contributed by atoms with van der Waals surface area (Å²) >= 11 is 4.76. The van der Waals surface area contributed by atoms with Crippen LogP contribution in [0.5, 0.6) is 0 Å². The monoisotopic (exact) mass is 218 g/mol. The van der Waals surface area contributed by atoms with Gasteiger partial charge < -0.3 is 15.2 Å². The van der Waals surface area contributed by atoms with Gasteiger partial charge in [-0.1, -0.05) is 0 Å². The normalized spacial score (nSPS) is 17.4. The molecule has 0 aromatic rings. The van der Waals surface area contributed by atoms with Gasteiger partial charge in [0.2, 0.25) is 0 Å². The van der Waals surface area contributed by atoms with Crippen molar-refractivity contribution >= 4 is 23.4 Å². The van der Waals surface area contributed by atoms with Crippen molar-refractivity contribution < 1.29 is 14.6 Å². The molecular weight excluding hydrogens is 204 g/mol. The van der Waals surface area contributed by atoms with E-state index in [1.54, 1.807) is 0 Å². The van der Waals surface area contributed by atoms with E-state index in [1.807, 2.05) is 0 Å². The third-order valence-electron chi connectivity index (χ3n) is 2.11. The van der Waals surface area contributed by atoms with Crippen LogP contribution in [0.15, 0.2) is 0 Å². The summed E-state index contributed by atoms with van der Waals surface area (Å²) in [7, 11) is 0. The maximum Gasteiger partial charge on any atom is 0.410 e. The van der Waals surface area contributed by atoms with Crippen molar-refractivity contribution in [3.05, 3.63) is 0 Å². The maximum absolute atomic E-state index is 10.2. The van der Waals surface area contributed by atoms with E-state index in [4.69, 9.17) is 22.1 Å². The second kappa shape index (κ2) is 5.77. The summed E-state index contributed by atoms with van der Waals surface area (Å²) in [5, 5.41) is 13.5. The highest BCUT2D eigenvalue weighted by atomic mass is 32.1. The fourth-order valence-electron chi connectivity index (χ4n) is 1.33. The van der Waals surface area contributed by atoms with Crippen molar-refractivity contribution in [2.24, 2.45) is 5.92 Å². The summed E-state index contributed by atoms with van der Waals surface area (Å²) in [6, 6.07) is 0. The molecule has 0 bridgehead atoms. The molecule has 3 N–H and O–H groups in total. The molecule has 1 aliphatic rings. The zero-order chi connectivity index (χ0) is 10.4. The molecule has 1 aliphatic heterocycles. The minimum absolute atomic E-state index is 0.170. The number of amides is 1. The molecule has 0 spiro atoms. The molecule has 0 aromatic heterocycles. The van der Waals surface area contributed by atoms with E-state index in [-0.39, 0.29) is 5.11 Å². The second-order valence-corrected chi connectivity index (χ2v) is 3.60. The summed E-state index contributed by atoms with van der Waals surface area (Å²) in [5.74, 6) is 0.525. The molecule has 1 rings (SSSR count). The van der Waals surface area contributed by atoms with Gasteiger partial charge in [0.1, 0.15) is 0 Å². The van der Waals surface area contributed by atoms with E-state index in [0.29, 0.717) is 12.5 Å². The first-order chi connectivity index (χ1) is 6.68. The number of thiocarbonyl (C=S) groups is 1. The van der Waals surface area contributed by atoms with Gasteiger partial charge in [-0.25, -0.2) is 4.79 Å².